The molecule has 92 valence electrons. The Morgan fingerprint density at radius 2 is 1.72 bits per heavy atom. The van der Waals surface area contributed by atoms with Gasteiger partial charge in [0.25, 0.3) is 0 Å². The minimum Gasteiger partial charge on any atom is -0.462 e. The lowest BCUT2D eigenvalue weighted by Crippen LogP contribution is -2.33. The molecule has 0 saturated carbocycles. The van der Waals surface area contributed by atoms with Crippen LogP contribution in [-0.2, 0) is 14.3 Å². The number of amides is 1. The van der Waals surface area contributed by atoms with E-state index in [1.165, 1.54) is 12.0 Å². The molecule has 1 amide bonds. The summed E-state index contributed by atoms with van der Waals surface area (Å²) < 4.78 is 4.41. The van der Waals surface area contributed by atoms with Crippen molar-refractivity contribution in [2.24, 2.45) is 0 Å². The van der Waals surface area contributed by atoms with E-state index in [1.807, 2.05) is 36.4 Å². The van der Waals surface area contributed by atoms with E-state index in [0.717, 1.165) is 10.8 Å². The van der Waals surface area contributed by atoms with Gasteiger partial charge in [-0.3, -0.25) is 4.79 Å². The van der Waals surface area contributed by atoms with Crippen LogP contribution in [-0.4, -0.2) is 26.0 Å². The van der Waals surface area contributed by atoms with Crippen molar-refractivity contribution < 1.29 is 14.3 Å². The van der Waals surface area contributed by atoms with Crippen LogP contribution in [0.25, 0.3) is 10.8 Å². The molecule has 0 N–H and O–H groups in total. The number of anilines is 1. The van der Waals surface area contributed by atoms with Crippen molar-refractivity contribution in [3.63, 3.8) is 0 Å². The van der Waals surface area contributed by atoms with Gasteiger partial charge >= 0.3 is 11.9 Å². The fourth-order valence-electron chi connectivity index (χ4n) is 1.73. The van der Waals surface area contributed by atoms with Crippen molar-refractivity contribution in [1.29, 1.82) is 0 Å². The highest BCUT2D eigenvalue weighted by molar-refractivity contribution is 6.38. The lowest BCUT2D eigenvalue weighted by molar-refractivity contribution is -0.151. The minimum absolute atomic E-state index is 0.657. The first kappa shape index (κ1) is 12.1. The molecule has 0 spiro atoms. The summed E-state index contributed by atoms with van der Waals surface area (Å²) in [7, 11) is 2.73. The predicted molar refractivity (Wildman–Crippen MR) is 69.4 cm³/mol. The third-order valence-corrected chi connectivity index (χ3v) is 2.78. The first-order valence-corrected chi connectivity index (χ1v) is 5.48. The van der Waals surface area contributed by atoms with Gasteiger partial charge in [-0.05, 0) is 22.9 Å². The van der Waals surface area contributed by atoms with Crippen LogP contribution in [0, 0.1) is 0 Å². The SMILES string of the molecule is COC(=O)C(=O)N(C)c1ccc2ccccc2c1. The quantitative estimate of drug-likeness (QED) is 0.568. The molecule has 4 nitrogen and oxygen atoms in total. The molecule has 2 aromatic carbocycles. The summed E-state index contributed by atoms with van der Waals surface area (Å²) in [6.07, 6.45) is 0. The number of hydrogen-bond donors (Lipinski definition) is 0. The largest absolute Gasteiger partial charge is 0.462 e. The van der Waals surface area contributed by atoms with Gasteiger partial charge in [0, 0.05) is 12.7 Å². The summed E-state index contributed by atoms with van der Waals surface area (Å²) in [5, 5.41) is 2.10. The topological polar surface area (TPSA) is 46.6 Å². The maximum Gasteiger partial charge on any atom is 0.397 e. The zero-order valence-electron chi connectivity index (χ0n) is 10.2. The van der Waals surface area contributed by atoms with Crippen LogP contribution >= 0.6 is 0 Å². The van der Waals surface area contributed by atoms with Crippen molar-refractivity contribution in [1.82, 2.24) is 0 Å². The van der Waals surface area contributed by atoms with E-state index in [1.54, 1.807) is 13.1 Å². The highest BCUT2D eigenvalue weighted by Gasteiger charge is 2.20. The molecule has 0 aliphatic rings. The zero-order chi connectivity index (χ0) is 13.1. The number of rotatable bonds is 1. The van der Waals surface area contributed by atoms with E-state index in [2.05, 4.69) is 4.74 Å². The Hall–Kier alpha value is -2.36. The fraction of sp³-hybridized carbons (Fsp3) is 0.143. The lowest BCUT2D eigenvalue weighted by Gasteiger charge is -2.16. The van der Waals surface area contributed by atoms with Gasteiger partial charge in [-0.2, -0.15) is 0 Å². The third kappa shape index (κ3) is 2.18. The van der Waals surface area contributed by atoms with E-state index >= 15 is 0 Å². The van der Waals surface area contributed by atoms with Crippen molar-refractivity contribution in [2.45, 2.75) is 0 Å². The number of ether oxygens (including phenoxy) is 1. The van der Waals surface area contributed by atoms with E-state index in [4.69, 9.17) is 0 Å². The van der Waals surface area contributed by atoms with Gasteiger partial charge in [-0.15, -0.1) is 0 Å². The Kier molecular flexibility index (Phi) is 3.28. The molecule has 0 saturated heterocycles. The maximum absolute atomic E-state index is 11.7. The van der Waals surface area contributed by atoms with Crippen LogP contribution in [0.15, 0.2) is 42.5 Å². The third-order valence-electron chi connectivity index (χ3n) is 2.78. The zero-order valence-corrected chi connectivity index (χ0v) is 10.2. The molecule has 2 aromatic rings. The highest BCUT2D eigenvalue weighted by atomic mass is 16.5. The predicted octanol–water partition coefficient (Wildman–Crippen LogP) is 1.98. The summed E-state index contributed by atoms with van der Waals surface area (Å²) in [5.41, 5.74) is 0.657. The average molecular weight is 243 g/mol. The summed E-state index contributed by atoms with van der Waals surface area (Å²) in [4.78, 5) is 24.1. The number of carbonyl (C=O) groups is 2. The summed E-state index contributed by atoms with van der Waals surface area (Å²) in [6, 6.07) is 13.4. The second kappa shape index (κ2) is 4.87. The number of nitrogens with zero attached hydrogens (tertiary/aromatic N) is 1. The Balaban J connectivity index is 2.36. The smallest absolute Gasteiger partial charge is 0.397 e. The molecule has 0 radical (unpaired) electrons. The summed E-state index contributed by atoms with van der Waals surface area (Å²) in [5.74, 6) is -1.56. The van der Waals surface area contributed by atoms with Gasteiger partial charge < -0.3 is 9.64 Å². The molecule has 0 atom stereocenters. The van der Waals surface area contributed by atoms with E-state index in [9.17, 15) is 9.59 Å². The summed E-state index contributed by atoms with van der Waals surface area (Å²) >= 11 is 0. The monoisotopic (exact) mass is 243 g/mol. The van der Waals surface area contributed by atoms with Crippen LogP contribution < -0.4 is 4.90 Å². The second-order valence-electron chi connectivity index (χ2n) is 3.89. The van der Waals surface area contributed by atoms with Crippen LogP contribution in [0.2, 0.25) is 0 Å². The van der Waals surface area contributed by atoms with Crippen molar-refractivity contribution >= 4 is 28.3 Å². The number of esters is 1. The number of carbonyl (C=O) groups excluding carboxylic acids is 2. The Morgan fingerprint density at radius 1 is 1.06 bits per heavy atom. The Morgan fingerprint density at radius 3 is 2.39 bits per heavy atom. The molecular weight excluding hydrogens is 230 g/mol. The van der Waals surface area contributed by atoms with E-state index in [-0.39, 0.29) is 0 Å². The Labute approximate surface area is 105 Å². The van der Waals surface area contributed by atoms with Crippen molar-refractivity contribution in [3.8, 4) is 0 Å². The van der Waals surface area contributed by atoms with Gasteiger partial charge in [-0.1, -0.05) is 30.3 Å². The minimum atomic E-state index is -0.870. The molecular formula is C14H13NO3. The van der Waals surface area contributed by atoms with Gasteiger partial charge in [0.15, 0.2) is 0 Å². The lowest BCUT2D eigenvalue weighted by atomic mass is 10.1. The van der Waals surface area contributed by atoms with E-state index < -0.39 is 11.9 Å². The van der Waals surface area contributed by atoms with Gasteiger partial charge in [0.2, 0.25) is 0 Å². The average Bonchev–Trinajstić information content (AvgIpc) is 2.44. The van der Waals surface area contributed by atoms with Crippen LogP contribution in [0.1, 0.15) is 0 Å². The number of methoxy groups -OCH3 is 1. The van der Waals surface area contributed by atoms with Gasteiger partial charge in [-0.25, -0.2) is 4.79 Å². The molecule has 18 heavy (non-hydrogen) atoms. The first-order chi connectivity index (χ1) is 8.63. The molecule has 0 aromatic heterocycles. The molecule has 4 heteroatoms. The van der Waals surface area contributed by atoms with Crippen LogP contribution in [0.3, 0.4) is 0 Å². The maximum atomic E-state index is 11.7. The second-order valence-corrected chi connectivity index (χ2v) is 3.89. The highest BCUT2D eigenvalue weighted by Crippen LogP contribution is 2.21. The van der Waals surface area contributed by atoms with Gasteiger partial charge in [0.1, 0.15) is 0 Å². The number of hydrogen-bond acceptors (Lipinski definition) is 3. The van der Waals surface area contributed by atoms with Crippen LogP contribution in [0.5, 0.6) is 0 Å². The van der Waals surface area contributed by atoms with Crippen LogP contribution in [0.4, 0.5) is 5.69 Å². The van der Waals surface area contributed by atoms with Gasteiger partial charge in [0.05, 0.1) is 7.11 Å². The molecule has 2 rings (SSSR count). The normalized spacial score (nSPS) is 10.1. The molecule has 0 unspecified atom stereocenters. The number of fused-ring (bicyclic) bond motifs is 1. The molecule has 0 aliphatic carbocycles. The Bertz CT molecular complexity index is 607. The molecule has 0 aliphatic heterocycles. The molecule has 0 fully saturated rings. The number of likely N-dealkylation sites (N-methyl/N-ethyl adjacent to an activating group) is 1. The molecule has 0 bridgehead atoms. The fourth-order valence-corrected chi connectivity index (χ4v) is 1.73. The summed E-state index contributed by atoms with van der Waals surface area (Å²) in [6.45, 7) is 0. The van der Waals surface area contributed by atoms with E-state index in [0.29, 0.717) is 5.69 Å². The number of benzene rings is 2. The standard InChI is InChI=1S/C14H13NO3/c1-15(13(16)14(17)18-2)12-8-7-10-5-3-4-6-11(10)9-12/h3-9H,1-2H3. The van der Waals surface area contributed by atoms with Crippen molar-refractivity contribution in [2.75, 3.05) is 19.1 Å². The van der Waals surface area contributed by atoms with Crippen molar-refractivity contribution in [3.05, 3.63) is 42.5 Å². The molecule has 0 heterocycles. The first-order valence-electron chi connectivity index (χ1n) is 5.48.